The molecule has 0 radical (unpaired) electrons. The highest BCUT2D eigenvalue weighted by atomic mass is 16.5. The molecule has 0 aromatic heterocycles. The first-order valence-corrected chi connectivity index (χ1v) is 4.94. The SMILES string of the molecule is COC(=O)CCCNCC1(C)CC1. The Morgan fingerprint density at radius 3 is 2.77 bits per heavy atom. The Morgan fingerprint density at radius 2 is 2.23 bits per heavy atom. The molecule has 1 rings (SSSR count). The van der Waals surface area contributed by atoms with Gasteiger partial charge in [-0.15, -0.1) is 0 Å². The Balaban J connectivity index is 1.87. The third-order valence-corrected chi connectivity index (χ3v) is 2.62. The van der Waals surface area contributed by atoms with Gasteiger partial charge < -0.3 is 10.1 Å². The van der Waals surface area contributed by atoms with Crippen LogP contribution in [0.15, 0.2) is 0 Å². The lowest BCUT2D eigenvalue weighted by Gasteiger charge is -2.08. The van der Waals surface area contributed by atoms with Crippen LogP contribution < -0.4 is 5.32 Å². The topological polar surface area (TPSA) is 38.3 Å². The van der Waals surface area contributed by atoms with Gasteiger partial charge in [0, 0.05) is 13.0 Å². The Hall–Kier alpha value is -0.570. The van der Waals surface area contributed by atoms with Crippen LogP contribution in [0, 0.1) is 5.41 Å². The molecule has 0 atom stereocenters. The number of ether oxygens (including phenoxy) is 1. The zero-order valence-corrected chi connectivity index (χ0v) is 8.56. The van der Waals surface area contributed by atoms with Gasteiger partial charge in [-0.3, -0.25) is 4.79 Å². The summed E-state index contributed by atoms with van der Waals surface area (Å²) < 4.78 is 4.54. The summed E-state index contributed by atoms with van der Waals surface area (Å²) >= 11 is 0. The molecule has 0 spiro atoms. The smallest absolute Gasteiger partial charge is 0.305 e. The second-order valence-electron chi connectivity index (χ2n) is 4.17. The number of hydrogen-bond donors (Lipinski definition) is 1. The summed E-state index contributed by atoms with van der Waals surface area (Å²) in [6, 6.07) is 0. The number of nitrogens with one attached hydrogen (secondary N) is 1. The van der Waals surface area contributed by atoms with Gasteiger partial charge in [0.15, 0.2) is 0 Å². The Morgan fingerprint density at radius 1 is 1.54 bits per heavy atom. The van der Waals surface area contributed by atoms with E-state index in [1.54, 1.807) is 0 Å². The third kappa shape index (κ3) is 4.27. The van der Waals surface area contributed by atoms with Gasteiger partial charge >= 0.3 is 5.97 Å². The first-order valence-electron chi connectivity index (χ1n) is 4.94. The summed E-state index contributed by atoms with van der Waals surface area (Å²) in [5, 5.41) is 3.36. The minimum absolute atomic E-state index is 0.112. The highest BCUT2D eigenvalue weighted by molar-refractivity contribution is 5.69. The molecule has 0 aliphatic heterocycles. The molecule has 0 amide bonds. The van der Waals surface area contributed by atoms with Gasteiger partial charge in [0.1, 0.15) is 0 Å². The molecule has 0 unspecified atom stereocenters. The van der Waals surface area contributed by atoms with E-state index < -0.39 is 0 Å². The molecule has 3 heteroatoms. The van der Waals surface area contributed by atoms with Crippen molar-refractivity contribution in [1.29, 1.82) is 0 Å². The van der Waals surface area contributed by atoms with Gasteiger partial charge in [0.25, 0.3) is 0 Å². The van der Waals surface area contributed by atoms with Crippen molar-refractivity contribution in [2.24, 2.45) is 5.41 Å². The molecule has 0 heterocycles. The molecule has 13 heavy (non-hydrogen) atoms. The van der Waals surface area contributed by atoms with Crippen LogP contribution in [0.5, 0.6) is 0 Å². The van der Waals surface area contributed by atoms with Crippen molar-refractivity contribution in [3.05, 3.63) is 0 Å². The first-order chi connectivity index (χ1) is 6.16. The predicted molar refractivity (Wildman–Crippen MR) is 51.5 cm³/mol. The van der Waals surface area contributed by atoms with E-state index in [0.717, 1.165) is 19.5 Å². The largest absolute Gasteiger partial charge is 0.469 e. The molecule has 1 saturated carbocycles. The number of rotatable bonds is 6. The van der Waals surface area contributed by atoms with Gasteiger partial charge in [0.05, 0.1) is 7.11 Å². The molecule has 0 aromatic carbocycles. The van der Waals surface area contributed by atoms with Crippen molar-refractivity contribution in [2.75, 3.05) is 20.2 Å². The van der Waals surface area contributed by atoms with Crippen molar-refractivity contribution < 1.29 is 9.53 Å². The summed E-state index contributed by atoms with van der Waals surface area (Å²) in [5.41, 5.74) is 0.561. The average molecular weight is 185 g/mol. The molecule has 3 nitrogen and oxygen atoms in total. The molecule has 0 saturated heterocycles. The van der Waals surface area contributed by atoms with Crippen molar-refractivity contribution in [1.82, 2.24) is 5.32 Å². The molecule has 0 aromatic rings. The number of carbonyl (C=O) groups excluding carboxylic acids is 1. The van der Waals surface area contributed by atoms with E-state index >= 15 is 0 Å². The van der Waals surface area contributed by atoms with Crippen LogP contribution in [0.25, 0.3) is 0 Å². The zero-order valence-electron chi connectivity index (χ0n) is 8.56. The average Bonchev–Trinajstić information content (AvgIpc) is 2.83. The maximum Gasteiger partial charge on any atom is 0.305 e. The molecule has 1 fully saturated rings. The number of hydrogen-bond acceptors (Lipinski definition) is 3. The molecule has 1 aliphatic carbocycles. The molecule has 1 N–H and O–H groups in total. The fraction of sp³-hybridized carbons (Fsp3) is 0.900. The van der Waals surface area contributed by atoms with Crippen LogP contribution in [0.1, 0.15) is 32.6 Å². The van der Waals surface area contributed by atoms with E-state index in [4.69, 9.17) is 0 Å². The Bertz CT molecular complexity index is 176. The van der Waals surface area contributed by atoms with Gasteiger partial charge in [-0.1, -0.05) is 6.92 Å². The van der Waals surface area contributed by atoms with Crippen LogP contribution in [0.4, 0.5) is 0 Å². The van der Waals surface area contributed by atoms with Crippen molar-refractivity contribution >= 4 is 5.97 Å². The van der Waals surface area contributed by atoms with Crippen LogP contribution in [0.3, 0.4) is 0 Å². The molecule has 1 aliphatic rings. The van der Waals surface area contributed by atoms with Crippen LogP contribution >= 0.6 is 0 Å². The molecular formula is C10H19NO2. The number of carbonyl (C=O) groups is 1. The summed E-state index contributed by atoms with van der Waals surface area (Å²) in [5.74, 6) is -0.112. The van der Waals surface area contributed by atoms with Crippen LogP contribution in [-0.2, 0) is 9.53 Å². The minimum Gasteiger partial charge on any atom is -0.469 e. The van der Waals surface area contributed by atoms with E-state index in [1.165, 1.54) is 20.0 Å². The third-order valence-electron chi connectivity index (χ3n) is 2.62. The van der Waals surface area contributed by atoms with Gasteiger partial charge in [0.2, 0.25) is 0 Å². The maximum absolute atomic E-state index is 10.7. The van der Waals surface area contributed by atoms with E-state index in [1.807, 2.05) is 0 Å². The lowest BCUT2D eigenvalue weighted by Crippen LogP contribution is -2.23. The van der Waals surface area contributed by atoms with E-state index in [-0.39, 0.29) is 5.97 Å². The highest BCUT2D eigenvalue weighted by Crippen LogP contribution is 2.43. The Labute approximate surface area is 79.8 Å². The van der Waals surface area contributed by atoms with Gasteiger partial charge in [-0.25, -0.2) is 0 Å². The summed E-state index contributed by atoms with van der Waals surface area (Å²) in [7, 11) is 1.43. The normalized spacial score (nSPS) is 18.3. The van der Waals surface area contributed by atoms with E-state index in [2.05, 4.69) is 17.0 Å². The van der Waals surface area contributed by atoms with Gasteiger partial charge in [-0.05, 0) is 31.2 Å². The quantitative estimate of drug-likeness (QED) is 0.501. The van der Waals surface area contributed by atoms with E-state index in [9.17, 15) is 4.79 Å². The lowest BCUT2D eigenvalue weighted by atomic mass is 10.1. The lowest BCUT2D eigenvalue weighted by molar-refractivity contribution is -0.140. The number of methoxy groups -OCH3 is 1. The van der Waals surface area contributed by atoms with Crippen molar-refractivity contribution in [3.63, 3.8) is 0 Å². The molecular weight excluding hydrogens is 166 g/mol. The second-order valence-corrected chi connectivity index (χ2v) is 4.17. The number of esters is 1. The Kier molecular flexibility index (Phi) is 3.72. The summed E-state index contributed by atoms with van der Waals surface area (Å²) in [4.78, 5) is 10.7. The van der Waals surface area contributed by atoms with Gasteiger partial charge in [-0.2, -0.15) is 0 Å². The second kappa shape index (κ2) is 4.61. The minimum atomic E-state index is -0.112. The molecule has 0 bridgehead atoms. The monoisotopic (exact) mass is 185 g/mol. The van der Waals surface area contributed by atoms with Crippen LogP contribution in [0.2, 0.25) is 0 Å². The summed E-state index contributed by atoms with van der Waals surface area (Å²) in [6.07, 6.45) is 4.09. The van der Waals surface area contributed by atoms with Crippen molar-refractivity contribution in [2.45, 2.75) is 32.6 Å². The summed E-state index contributed by atoms with van der Waals surface area (Å²) in [6.45, 7) is 4.30. The van der Waals surface area contributed by atoms with E-state index in [0.29, 0.717) is 11.8 Å². The fourth-order valence-corrected chi connectivity index (χ4v) is 1.24. The fourth-order valence-electron chi connectivity index (χ4n) is 1.24. The highest BCUT2D eigenvalue weighted by Gasteiger charge is 2.36. The van der Waals surface area contributed by atoms with Crippen LogP contribution in [-0.4, -0.2) is 26.2 Å². The maximum atomic E-state index is 10.7. The zero-order chi connectivity index (χ0) is 9.73. The predicted octanol–water partition coefficient (Wildman–Crippen LogP) is 1.33. The molecule has 76 valence electrons. The standard InChI is InChI=1S/C10H19NO2/c1-10(5-6-10)8-11-7-3-4-9(12)13-2/h11H,3-8H2,1-2H3. The van der Waals surface area contributed by atoms with Crippen molar-refractivity contribution in [3.8, 4) is 0 Å². The first kappa shape index (κ1) is 10.5.